The molecule has 0 spiro atoms. The van der Waals surface area contributed by atoms with E-state index in [1.165, 1.54) is 11.1 Å². The number of nitrogens with zero attached hydrogens (tertiary/aromatic N) is 3. The van der Waals surface area contributed by atoms with E-state index in [1.54, 1.807) is 15.6 Å². The Hall–Kier alpha value is -0.700. The minimum atomic E-state index is -3.04. The van der Waals surface area contributed by atoms with Crippen molar-refractivity contribution in [3.8, 4) is 0 Å². The molecule has 1 aromatic heterocycles. The van der Waals surface area contributed by atoms with E-state index < -0.39 is 10.0 Å². The number of thiazole rings is 1. The zero-order valence-electron chi connectivity index (χ0n) is 12.0. The Bertz CT molecular complexity index is 521. The van der Waals surface area contributed by atoms with Gasteiger partial charge in [-0.2, -0.15) is 4.31 Å². The minimum Gasteiger partial charge on any atom is -0.362 e. The van der Waals surface area contributed by atoms with Crippen molar-refractivity contribution in [2.75, 3.05) is 44.3 Å². The Morgan fingerprint density at radius 3 is 2.65 bits per heavy atom. The zero-order chi connectivity index (χ0) is 14.6. The van der Waals surface area contributed by atoms with Gasteiger partial charge in [-0.1, -0.05) is 6.92 Å². The Labute approximate surface area is 124 Å². The lowest BCUT2D eigenvalue weighted by Crippen LogP contribution is -2.47. The molecule has 1 aliphatic heterocycles. The van der Waals surface area contributed by atoms with Crippen LogP contribution in [0.25, 0.3) is 0 Å². The van der Waals surface area contributed by atoms with Crippen LogP contribution in [-0.4, -0.2) is 61.6 Å². The molecule has 0 saturated carbocycles. The molecule has 0 atom stereocenters. The van der Waals surface area contributed by atoms with Gasteiger partial charge < -0.3 is 5.32 Å². The number of hydrogen-bond donors (Lipinski definition) is 1. The number of rotatable bonds is 6. The third kappa shape index (κ3) is 4.41. The average molecular weight is 318 g/mol. The number of piperazine rings is 1. The van der Waals surface area contributed by atoms with E-state index >= 15 is 0 Å². The molecule has 1 saturated heterocycles. The lowest BCUT2D eigenvalue weighted by atomic mass is 10.3. The SMILES string of the molecule is CCCNc1ncc(CN2CCN(S(C)(=O)=O)CC2)s1. The maximum Gasteiger partial charge on any atom is 0.211 e. The number of nitrogens with one attached hydrogen (secondary N) is 1. The van der Waals surface area contributed by atoms with Crippen molar-refractivity contribution in [3.05, 3.63) is 11.1 Å². The normalized spacial score (nSPS) is 18.3. The fraction of sp³-hybridized carbons (Fsp3) is 0.750. The second-order valence-electron chi connectivity index (χ2n) is 5.00. The first kappa shape index (κ1) is 15.7. The molecule has 0 aliphatic carbocycles. The van der Waals surface area contributed by atoms with Crippen molar-refractivity contribution in [2.45, 2.75) is 19.9 Å². The smallest absolute Gasteiger partial charge is 0.211 e. The highest BCUT2D eigenvalue weighted by atomic mass is 32.2. The second kappa shape index (κ2) is 6.84. The highest BCUT2D eigenvalue weighted by Gasteiger charge is 2.23. The van der Waals surface area contributed by atoms with Crippen LogP contribution in [0.5, 0.6) is 0 Å². The van der Waals surface area contributed by atoms with Crippen molar-refractivity contribution in [3.63, 3.8) is 0 Å². The predicted molar refractivity (Wildman–Crippen MR) is 82.6 cm³/mol. The molecule has 0 unspecified atom stereocenters. The number of sulfonamides is 1. The third-order valence-electron chi connectivity index (χ3n) is 3.26. The summed E-state index contributed by atoms with van der Waals surface area (Å²) in [6, 6.07) is 0. The summed E-state index contributed by atoms with van der Waals surface area (Å²) in [6.45, 7) is 6.65. The van der Waals surface area contributed by atoms with Gasteiger partial charge in [0.15, 0.2) is 5.13 Å². The summed E-state index contributed by atoms with van der Waals surface area (Å²) in [6.07, 6.45) is 4.27. The molecule has 2 rings (SSSR count). The first-order chi connectivity index (χ1) is 9.49. The summed E-state index contributed by atoms with van der Waals surface area (Å²) in [5.41, 5.74) is 0. The van der Waals surface area contributed by atoms with Crippen molar-refractivity contribution in [1.29, 1.82) is 0 Å². The first-order valence-electron chi connectivity index (χ1n) is 6.85. The number of anilines is 1. The van der Waals surface area contributed by atoms with Crippen LogP contribution in [0.15, 0.2) is 6.20 Å². The van der Waals surface area contributed by atoms with Crippen LogP contribution in [-0.2, 0) is 16.6 Å². The standard InChI is InChI=1S/C12H22N4O2S2/c1-3-4-13-12-14-9-11(19-12)10-15-5-7-16(8-6-15)20(2,17)18/h9H,3-8,10H2,1-2H3,(H,13,14). The van der Waals surface area contributed by atoms with Crippen molar-refractivity contribution in [1.82, 2.24) is 14.2 Å². The van der Waals surface area contributed by atoms with Gasteiger partial charge in [-0.05, 0) is 6.42 Å². The molecule has 2 heterocycles. The molecule has 114 valence electrons. The minimum absolute atomic E-state index is 0.582. The van der Waals surface area contributed by atoms with Crippen LogP contribution >= 0.6 is 11.3 Å². The van der Waals surface area contributed by atoms with Gasteiger partial charge in [0.1, 0.15) is 0 Å². The average Bonchev–Trinajstić information content (AvgIpc) is 2.83. The van der Waals surface area contributed by atoms with Gasteiger partial charge in [-0.25, -0.2) is 13.4 Å². The summed E-state index contributed by atoms with van der Waals surface area (Å²) in [5.74, 6) is 0. The van der Waals surface area contributed by atoms with E-state index in [9.17, 15) is 8.42 Å². The van der Waals surface area contributed by atoms with Crippen molar-refractivity contribution in [2.24, 2.45) is 0 Å². The molecule has 1 fully saturated rings. The summed E-state index contributed by atoms with van der Waals surface area (Å²) in [7, 11) is -3.04. The topological polar surface area (TPSA) is 65.5 Å². The van der Waals surface area contributed by atoms with Gasteiger partial charge in [-0.3, -0.25) is 4.90 Å². The van der Waals surface area contributed by atoms with Crippen molar-refractivity contribution < 1.29 is 8.42 Å². The van der Waals surface area contributed by atoms with Crippen molar-refractivity contribution >= 4 is 26.5 Å². The van der Waals surface area contributed by atoms with E-state index in [1.807, 2.05) is 6.20 Å². The quantitative estimate of drug-likeness (QED) is 0.849. The third-order valence-corrected chi connectivity index (χ3v) is 5.50. The van der Waals surface area contributed by atoms with Crippen LogP contribution in [0.1, 0.15) is 18.2 Å². The second-order valence-corrected chi connectivity index (χ2v) is 8.09. The Morgan fingerprint density at radius 1 is 1.35 bits per heavy atom. The Morgan fingerprint density at radius 2 is 2.05 bits per heavy atom. The molecule has 20 heavy (non-hydrogen) atoms. The van der Waals surface area contributed by atoms with Gasteiger partial charge in [-0.15, -0.1) is 11.3 Å². The van der Waals surface area contributed by atoms with Gasteiger partial charge in [0.25, 0.3) is 0 Å². The van der Waals surface area contributed by atoms with Crippen LogP contribution in [0.2, 0.25) is 0 Å². The molecule has 0 bridgehead atoms. The summed E-state index contributed by atoms with van der Waals surface area (Å²) in [5, 5.41) is 4.25. The van der Waals surface area contributed by atoms with E-state index in [2.05, 4.69) is 22.1 Å². The van der Waals surface area contributed by atoms with Crippen LogP contribution in [0.3, 0.4) is 0 Å². The predicted octanol–water partition coefficient (Wildman–Crippen LogP) is 1.04. The molecular formula is C12H22N4O2S2. The van der Waals surface area contributed by atoms with Crippen LogP contribution < -0.4 is 5.32 Å². The summed E-state index contributed by atoms with van der Waals surface area (Å²) < 4.78 is 24.4. The zero-order valence-corrected chi connectivity index (χ0v) is 13.6. The lowest BCUT2D eigenvalue weighted by Gasteiger charge is -2.32. The Balaban J connectivity index is 1.82. The summed E-state index contributed by atoms with van der Waals surface area (Å²) in [4.78, 5) is 7.84. The molecule has 1 N–H and O–H groups in total. The highest BCUT2D eigenvalue weighted by Crippen LogP contribution is 2.20. The molecule has 8 heteroatoms. The van der Waals surface area contributed by atoms with Gasteiger partial charge in [0.2, 0.25) is 10.0 Å². The molecule has 1 aliphatic rings. The molecular weight excluding hydrogens is 296 g/mol. The van der Waals surface area contributed by atoms with Crippen LogP contribution in [0, 0.1) is 0 Å². The van der Waals surface area contributed by atoms with E-state index in [0.29, 0.717) is 13.1 Å². The number of hydrogen-bond acceptors (Lipinski definition) is 6. The van der Waals surface area contributed by atoms with Gasteiger partial charge >= 0.3 is 0 Å². The monoisotopic (exact) mass is 318 g/mol. The first-order valence-corrected chi connectivity index (χ1v) is 9.51. The fourth-order valence-corrected chi connectivity index (χ4v) is 3.84. The fourth-order valence-electron chi connectivity index (χ4n) is 2.13. The van der Waals surface area contributed by atoms with E-state index in [0.717, 1.165) is 37.7 Å². The van der Waals surface area contributed by atoms with E-state index in [-0.39, 0.29) is 0 Å². The Kier molecular flexibility index (Phi) is 5.36. The molecule has 6 nitrogen and oxygen atoms in total. The maximum absolute atomic E-state index is 11.4. The maximum atomic E-state index is 11.4. The largest absolute Gasteiger partial charge is 0.362 e. The highest BCUT2D eigenvalue weighted by molar-refractivity contribution is 7.88. The summed E-state index contributed by atoms with van der Waals surface area (Å²) >= 11 is 1.68. The van der Waals surface area contributed by atoms with Gasteiger partial charge in [0, 0.05) is 50.3 Å². The number of aromatic nitrogens is 1. The van der Waals surface area contributed by atoms with Crippen LogP contribution in [0.4, 0.5) is 5.13 Å². The molecule has 1 aromatic rings. The molecule has 0 amide bonds. The lowest BCUT2D eigenvalue weighted by molar-refractivity contribution is 0.183. The molecule has 0 radical (unpaired) electrons. The van der Waals surface area contributed by atoms with E-state index in [4.69, 9.17) is 0 Å². The molecule has 0 aromatic carbocycles. The van der Waals surface area contributed by atoms with Gasteiger partial charge in [0.05, 0.1) is 6.26 Å².